The van der Waals surface area contributed by atoms with Gasteiger partial charge in [-0.25, -0.2) is 23.3 Å². The predicted octanol–water partition coefficient (Wildman–Crippen LogP) is 6.15. The quantitative estimate of drug-likeness (QED) is 0.332. The zero-order chi connectivity index (χ0) is 13.1. The van der Waals surface area contributed by atoms with Crippen molar-refractivity contribution >= 4 is 12.4 Å². The predicted molar refractivity (Wildman–Crippen MR) is 87.3 cm³/mol. The van der Waals surface area contributed by atoms with Crippen LogP contribution in [-0.2, 0) is 25.8 Å². The van der Waals surface area contributed by atoms with Crippen LogP contribution in [0.4, 0.5) is 0 Å². The van der Waals surface area contributed by atoms with Gasteiger partial charge in [-0.3, -0.25) is 12.2 Å². The summed E-state index contributed by atoms with van der Waals surface area (Å²) in [6.45, 7) is 4.44. The zero-order valence-electron chi connectivity index (χ0n) is 12.9. The number of allylic oxidation sites excluding steroid dienone is 8. The van der Waals surface area contributed by atoms with Gasteiger partial charge >= 0.3 is 25.8 Å². The summed E-state index contributed by atoms with van der Waals surface area (Å²) in [7, 11) is 0. The summed E-state index contributed by atoms with van der Waals surface area (Å²) in [6.07, 6.45) is 25.1. The van der Waals surface area contributed by atoms with Crippen LogP contribution < -0.4 is 0 Å². The van der Waals surface area contributed by atoms with Gasteiger partial charge in [0.2, 0.25) is 0 Å². The van der Waals surface area contributed by atoms with Gasteiger partial charge in [-0.15, -0.1) is 25.2 Å². The van der Waals surface area contributed by atoms with Crippen LogP contribution in [0.3, 0.4) is 0 Å². The van der Waals surface area contributed by atoms with E-state index < -0.39 is 0 Å². The minimum absolute atomic E-state index is 0. The third kappa shape index (κ3) is 10.9. The van der Waals surface area contributed by atoms with Gasteiger partial charge in [-0.1, -0.05) is 52.4 Å². The van der Waals surface area contributed by atoms with Crippen LogP contribution in [0.25, 0.3) is 0 Å². The monoisotopic (exact) mass is 458 g/mol. The van der Waals surface area contributed by atoms with E-state index in [1.165, 1.54) is 49.7 Å². The first-order valence-corrected chi connectivity index (χ1v) is 7.39. The molecule has 0 bridgehead atoms. The molecule has 2 rings (SSSR count). The molecule has 2 heteroatoms. The average Bonchev–Trinajstić information content (AvgIpc) is 3.07. The molecule has 0 spiro atoms. The molecule has 0 atom stereocenters. The summed E-state index contributed by atoms with van der Waals surface area (Å²) in [4.78, 5) is 0. The third-order valence-corrected chi connectivity index (χ3v) is 3.13. The number of halogens is 1. The molecule has 0 heterocycles. The van der Waals surface area contributed by atoms with E-state index in [-0.39, 0.29) is 38.3 Å². The van der Waals surface area contributed by atoms with Crippen LogP contribution in [0.1, 0.15) is 65.2 Å². The van der Waals surface area contributed by atoms with Gasteiger partial charge in [0, 0.05) is 0 Å². The van der Waals surface area contributed by atoms with Crippen molar-refractivity contribution in [2.24, 2.45) is 0 Å². The maximum atomic E-state index is 3.30. The molecular formula is C18H27ClHf+2. The van der Waals surface area contributed by atoms with Crippen molar-refractivity contribution in [3.63, 3.8) is 0 Å². The van der Waals surface area contributed by atoms with Gasteiger partial charge in [-0.2, -0.15) is 12.2 Å². The fourth-order valence-corrected chi connectivity index (χ4v) is 1.98. The molecule has 0 saturated heterocycles. The van der Waals surface area contributed by atoms with Gasteiger partial charge in [0.05, 0.1) is 0 Å². The molecule has 0 fully saturated rings. The Kier molecular flexibility index (Phi) is 17.4. The third-order valence-electron chi connectivity index (χ3n) is 3.13. The molecule has 20 heavy (non-hydrogen) atoms. The van der Waals surface area contributed by atoms with Gasteiger partial charge < -0.3 is 0 Å². The molecule has 0 aromatic carbocycles. The van der Waals surface area contributed by atoms with Crippen molar-refractivity contribution in [2.45, 2.75) is 65.2 Å². The van der Waals surface area contributed by atoms with Crippen LogP contribution >= 0.6 is 12.4 Å². The Balaban J connectivity index is 0. The van der Waals surface area contributed by atoms with Crippen molar-refractivity contribution in [2.75, 3.05) is 0 Å². The van der Waals surface area contributed by atoms with E-state index in [9.17, 15) is 0 Å². The molecule has 0 aromatic heterocycles. The molecule has 0 N–H and O–H groups in total. The molecule has 0 radical (unpaired) electrons. The van der Waals surface area contributed by atoms with Gasteiger partial charge in [-0.05, 0) is 0 Å². The Hall–Kier alpha value is 0.120. The Morgan fingerprint density at radius 3 is 1.50 bits per heavy atom. The van der Waals surface area contributed by atoms with Crippen molar-refractivity contribution in [3.8, 4) is 0 Å². The van der Waals surface area contributed by atoms with Crippen molar-refractivity contribution in [3.05, 3.63) is 47.6 Å². The first-order valence-electron chi connectivity index (χ1n) is 7.39. The van der Waals surface area contributed by atoms with Crippen LogP contribution in [0.2, 0.25) is 0 Å². The molecular weight excluding hydrogens is 430 g/mol. The minimum atomic E-state index is 0. The SMILES string of the molecule is CCCCC1=[C-]CC=C1.CCCCC1=[C-]CC=C1.Cl.[Hf+4]. The Morgan fingerprint density at radius 1 is 0.850 bits per heavy atom. The summed E-state index contributed by atoms with van der Waals surface area (Å²) in [5, 5.41) is 0. The summed E-state index contributed by atoms with van der Waals surface area (Å²) in [6, 6.07) is 0. The van der Waals surface area contributed by atoms with E-state index in [2.05, 4.69) is 50.3 Å². The molecule has 0 aromatic rings. The first kappa shape index (κ1) is 22.4. The first-order chi connectivity index (χ1) is 8.86. The molecule has 0 saturated carbocycles. The van der Waals surface area contributed by atoms with Crippen LogP contribution in [-0.4, -0.2) is 0 Å². The van der Waals surface area contributed by atoms with Crippen molar-refractivity contribution < 1.29 is 25.8 Å². The van der Waals surface area contributed by atoms with E-state index in [1.54, 1.807) is 0 Å². The minimum Gasteiger partial charge on any atom is -0.269 e. The van der Waals surface area contributed by atoms with Gasteiger partial charge in [0.1, 0.15) is 0 Å². The standard InChI is InChI=1S/2C9H13.ClH.Hf/c2*1-2-3-6-9-7-4-5-8-9;;/h2*4,7H,2-3,5-6H2,1H3;1H;/q2*-1;;+4. The number of hydrogen-bond acceptors (Lipinski definition) is 0. The van der Waals surface area contributed by atoms with Crippen LogP contribution in [0, 0.1) is 12.2 Å². The topological polar surface area (TPSA) is 0 Å². The average molecular weight is 457 g/mol. The second-order valence-electron chi connectivity index (χ2n) is 4.82. The van der Waals surface area contributed by atoms with Crippen molar-refractivity contribution in [1.82, 2.24) is 0 Å². The van der Waals surface area contributed by atoms with Crippen molar-refractivity contribution in [1.29, 1.82) is 0 Å². The molecule has 2 aliphatic carbocycles. The van der Waals surface area contributed by atoms with Crippen LogP contribution in [0.15, 0.2) is 35.5 Å². The molecule has 0 unspecified atom stereocenters. The Morgan fingerprint density at radius 2 is 1.25 bits per heavy atom. The number of unbranched alkanes of at least 4 members (excludes halogenated alkanes) is 2. The van der Waals surface area contributed by atoms with Gasteiger partial charge in [0.25, 0.3) is 0 Å². The van der Waals surface area contributed by atoms with Gasteiger partial charge in [0.15, 0.2) is 0 Å². The zero-order valence-corrected chi connectivity index (χ0v) is 17.3. The summed E-state index contributed by atoms with van der Waals surface area (Å²) < 4.78 is 0. The summed E-state index contributed by atoms with van der Waals surface area (Å²) in [5.74, 6) is 0. The molecule has 2 aliphatic rings. The molecule has 108 valence electrons. The Labute approximate surface area is 150 Å². The normalized spacial score (nSPS) is 14.7. The second-order valence-corrected chi connectivity index (χ2v) is 4.82. The Bertz CT molecular complexity index is 303. The van der Waals surface area contributed by atoms with E-state index in [0.717, 1.165) is 12.8 Å². The maximum absolute atomic E-state index is 3.30. The van der Waals surface area contributed by atoms with Crippen LogP contribution in [0.5, 0.6) is 0 Å². The summed E-state index contributed by atoms with van der Waals surface area (Å²) in [5.41, 5.74) is 2.83. The van der Waals surface area contributed by atoms with E-state index in [0.29, 0.717) is 0 Å². The molecule has 0 nitrogen and oxygen atoms in total. The van der Waals surface area contributed by atoms with E-state index >= 15 is 0 Å². The smallest absolute Gasteiger partial charge is 0.269 e. The molecule has 0 amide bonds. The van der Waals surface area contributed by atoms with E-state index in [4.69, 9.17) is 0 Å². The maximum Gasteiger partial charge on any atom is 4.00 e. The number of rotatable bonds is 6. The molecule has 0 aliphatic heterocycles. The van der Waals surface area contributed by atoms with E-state index in [1.807, 2.05) is 0 Å². The largest absolute Gasteiger partial charge is 4.00 e. The summed E-state index contributed by atoms with van der Waals surface area (Å²) >= 11 is 0. The second kappa shape index (κ2) is 15.5. The fourth-order valence-electron chi connectivity index (χ4n) is 1.98. The fraction of sp³-hybridized carbons (Fsp3) is 0.556. The number of hydrogen-bond donors (Lipinski definition) is 0.